The second-order valence-electron chi connectivity index (χ2n) is 11.9. The first-order valence-corrected chi connectivity index (χ1v) is 16.0. The van der Waals surface area contributed by atoms with Gasteiger partial charge in [-0.05, 0) is 78.7 Å². The minimum absolute atomic E-state index is 0.0154. The third kappa shape index (κ3) is 8.25. The van der Waals surface area contributed by atoms with Crippen LogP contribution in [0.5, 0.6) is 34.5 Å². The zero-order valence-electron chi connectivity index (χ0n) is 27.7. The molecule has 1 aliphatic rings. The highest BCUT2D eigenvalue weighted by Crippen LogP contribution is 2.38. The van der Waals surface area contributed by atoms with E-state index in [4.69, 9.17) is 23.4 Å². The molecule has 0 aliphatic carbocycles. The quantitative estimate of drug-likeness (QED) is 0.0894. The van der Waals surface area contributed by atoms with Crippen LogP contribution in [0.2, 0.25) is 0 Å². The van der Waals surface area contributed by atoms with Gasteiger partial charge in [0, 0.05) is 29.8 Å². The van der Waals surface area contributed by atoms with E-state index in [1.54, 1.807) is 24.3 Å². The van der Waals surface area contributed by atoms with E-state index in [1.807, 2.05) is 0 Å². The zero-order valence-corrected chi connectivity index (χ0v) is 27.7. The number of benzene rings is 4. The normalized spacial score (nSPS) is 20.1. The molecule has 4 aromatic carbocycles. The van der Waals surface area contributed by atoms with E-state index in [-0.39, 0.29) is 39.5 Å². The van der Waals surface area contributed by atoms with Crippen molar-refractivity contribution in [3.63, 3.8) is 0 Å². The van der Waals surface area contributed by atoms with E-state index < -0.39 is 65.3 Å². The topological polar surface area (TPSA) is 223 Å². The van der Waals surface area contributed by atoms with E-state index in [0.717, 1.165) is 24.3 Å². The van der Waals surface area contributed by atoms with Crippen LogP contribution < -0.4 is 10.2 Å². The van der Waals surface area contributed by atoms with Gasteiger partial charge in [0.15, 0.2) is 24.1 Å². The van der Waals surface area contributed by atoms with E-state index >= 15 is 0 Å². The van der Waals surface area contributed by atoms with Gasteiger partial charge in [-0.25, -0.2) is 9.59 Å². The SMILES string of the molecule is C[C@H]1O[C@@H](Oc2c(-c3ccc(O)cc3)oc3cc(O)cc(O)c3c2=O)[C@H](O)[C@H](OC(=O)C=Cc2ccc(O)cc2)[C@H]1OC(=O)C=Cc1ccc(O)cc1. The molecule has 6 N–H and O–H groups in total. The van der Waals surface area contributed by atoms with Crippen molar-refractivity contribution < 1.29 is 63.6 Å². The number of phenols is 5. The summed E-state index contributed by atoms with van der Waals surface area (Å²) < 4.78 is 29.0. The number of aromatic hydroxyl groups is 5. The van der Waals surface area contributed by atoms with Gasteiger partial charge >= 0.3 is 11.9 Å². The van der Waals surface area contributed by atoms with Gasteiger partial charge in [0.1, 0.15) is 39.7 Å². The molecule has 14 nitrogen and oxygen atoms in total. The van der Waals surface area contributed by atoms with E-state index in [9.17, 15) is 45.0 Å². The Morgan fingerprint density at radius 2 is 1.21 bits per heavy atom. The molecule has 6 rings (SSSR count). The summed E-state index contributed by atoms with van der Waals surface area (Å²) in [5.41, 5.74) is 0.177. The van der Waals surface area contributed by atoms with Crippen molar-refractivity contribution in [1.82, 2.24) is 0 Å². The summed E-state index contributed by atoms with van der Waals surface area (Å²) in [5.74, 6) is -3.72. The third-order valence-corrected chi connectivity index (χ3v) is 8.15. The van der Waals surface area contributed by atoms with Crippen LogP contribution in [0.3, 0.4) is 0 Å². The fourth-order valence-electron chi connectivity index (χ4n) is 5.52. The Balaban J connectivity index is 1.34. The molecule has 1 saturated heterocycles. The lowest BCUT2D eigenvalue weighted by Crippen LogP contribution is -2.61. The lowest BCUT2D eigenvalue weighted by molar-refractivity contribution is -0.275. The summed E-state index contributed by atoms with van der Waals surface area (Å²) >= 11 is 0. The van der Waals surface area contributed by atoms with E-state index in [1.165, 1.54) is 67.6 Å². The smallest absolute Gasteiger partial charge is 0.331 e. The molecule has 0 radical (unpaired) electrons. The highest BCUT2D eigenvalue weighted by molar-refractivity contribution is 5.89. The maximum atomic E-state index is 13.9. The summed E-state index contributed by atoms with van der Waals surface area (Å²) in [5, 5.41) is 60.8. The van der Waals surface area contributed by atoms with Gasteiger partial charge < -0.3 is 54.0 Å². The molecule has 0 saturated carbocycles. The van der Waals surface area contributed by atoms with E-state index in [0.29, 0.717) is 11.1 Å². The number of esters is 2. The van der Waals surface area contributed by atoms with Gasteiger partial charge in [-0.1, -0.05) is 24.3 Å². The zero-order chi connectivity index (χ0) is 37.8. The molecule has 14 heteroatoms. The van der Waals surface area contributed by atoms with Gasteiger partial charge in [-0.2, -0.15) is 0 Å². The fourth-order valence-corrected chi connectivity index (χ4v) is 5.52. The molecule has 1 fully saturated rings. The van der Waals surface area contributed by atoms with Crippen LogP contribution in [0, 0.1) is 0 Å². The number of aliphatic hydroxyl groups excluding tert-OH is 1. The highest BCUT2D eigenvalue weighted by Gasteiger charge is 2.49. The second kappa shape index (κ2) is 15.2. The molecule has 272 valence electrons. The van der Waals surface area contributed by atoms with Crippen molar-refractivity contribution in [2.45, 2.75) is 37.6 Å². The summed E-state index contributed by atoms with van der Waals surface area (Å²) in [7, 11) is 0. The van der Waals surface area contributed by atoms with Crippen molar-refractivity contribution in [2.75, 3.05) is 0 Å². The second-order valence-corrected chi connectivity index (χ2v) is 11.9. The van der Waals surface area contributed by atoms with Crippen molar-refractivity contribution in [3.05, 3.63) is 118 Å². The number of hydrogen-bond acceptors (Lipinski definition) is 14. The Kier molecular flexibility index (Phi) is 10.4. The fraction of sp³-hybridized carbons (Fsp3) is 0.154. The first kappa shape index (κ1) is 36.0. The largest absolute Gasteiger partial charge is 0.508 e. The molecule has 5 atom stereocenters. The number of hydrogen-bond donors (Lipinski definition) is 6. The average molecular weight is 725 g/mol. The Morgan fingerprint density at radius 1 is 0.698 bits per heavy atom. The summed E-state index contributed by atoms with van der Waals surface area (Å²) in [6.45, 7) is 1.45. The lowest BCUT2D eigenvalue weighted by Gasteiger charge is -2.41. The highest BCUT2D eigenvalue weighted by atomic mass is 16.7. The number of carbonyl (C=O) groups is 2. The van der Waals surface area contributed by atoms with Crippen molar-refractivity contribution >= 4 is 35.1 Å². The van der Waals surface area contributed by atoms with E-state index in [2.05, 4.69) is 0 Å². The standard InChI is InChI=1S/C39H32O14/c1-20-35(51-30(45)16-6-21-2-10-24(40)11-3-21)38(52-31(46)17-7-22-4-12-25(41)13-5-22)34(48)39(49-20)53-37-33(47)32-28(44)18-27(43)19-29(32)50-36(37)23-8-14-26(42)15-9-23/h2-20,34-35,38-44,48H,1H3/t20-,34-,35+,38+,39+/m1/s1. The van der Waals surface area contributed by atoms with Crippen LogP contribution >= 0.6 is 0 Å². The molecule has 1 aliphatic heterocycles. The number of aliphatic hydroxyl groups is 1. The first-order valence-electron chi connectivity index (χ1n) is 16.0. The minimum Gasteiger partial charge on any atom is -0.508 e. The molecule has 5 aromatic rings. The minimum atomic E-state index is -1.91. The molecule has 0 bridgehead atoms. The lowest BCUT2D eigenvalue weighted by atomic mass is 9.99. The van der Waals surface area contributed by atoms with Gasteiger partial charge in [0.05, 0.1) is 6.10 Å². The predicted molar refractivity (Wildman–Crippen MR) is 188 cm³/mol. The molecular formula is C39H32O14. The number of ether oxygens (including phenoxy) is 4. The Bertz CT molecular complexity index is 2240. The van der Waals surface area contributed by atoms with Crippen molar-refractivity contribution in [2.24, 2.45) is 0 Å². The van der Waals surface area contributed by atoms with Crippen LogP contribution in [0.4, 0.5) is 0 Å². The Morgan fingerprint density at radius 3 is 1.75 bits per heavy atom. The first-order chi connectivity index (χ1) is 25.4. The maximum absolute atomic E-state index is 13.9. The molecule has 0 unspecified atom stereocenters. The van der Waals surface area contributed by atoms with Crippen LogP contribution in [-0.4, -0.2) is 73.3 Å². The number of phenolic OH excluding ortho intramolecular Hbond substituents is 5. The summed E-state index contributed by atoms with van der Waals surface area (Å²) in [4.78, 5) is 40.0. The molecule has 1 aromatic heterocycles. The monoisotopic (exact) mass is 724 g/mol. The summed E-state index contributed by atoms with van der Waals surface area (Å²) in [6, 6.07) is 19.3. The number of fused-ring (bicyclic) bond motifs is 1. The number of carbonyl (C=O) groups excluding carboxylic acids is 2. The maximum Gasteiger partial charge on any atom is 0.331 e. The predicted octanol–water partition coefficient (Wildman–Crippen LogP) is 4.72. The van der Waals surface area contributed by atoms with Crippen molar-refractivity contribution in [1.29, 1.82) is 0 Å². The Labute approximate surface area is 300 Å². The van der Waals surface area contributed by atoms with Gasteiger partial charge in [-0.15, -0.1) is 0 Å². The van der Waals surface area contributed by atoms with Gasteiger partial charge in [0.2, 0.25) is 17.5 Å². The van der Waals surface area contributed by atoms with Crippen LogP contribution in [0.1, 0.15) is 18.1 Å². The molecule has 53 heavy (non-hydrogen) atoms. The molecular weight excluding hydrogens is 692 g/mol. The average Bonchev–Trinajstić information content (AvgIpc) is 3.12. The van der Waals surface area contributed by atoms with Crippen LogP contribution in [0.25, 0.3) is 34.4 Å². The molecule has 0 amide bonds. The Hall–Kier alpha value is -6.77. The van der Waals surface area contributed by atoms with Crippen molar-refractivity contribution in [3.8, 4) is 45.8 Å². The van der Waals surface area contributed by atoms with Gasteiger partial charge in [-0.3, -0.25) is 4.79 Å². The van der Waals surface area contributed by atoms with Crippen LogP contribution in [-0.2, 0) is 23.8 Å². The third-order valence-electron chi connectivity index (χ3n) is 8.15. The summed E-state index contributed by atoms with van der Waals surface area (Å²) in [6.07, 6.45) is -2.91. The molecule has 2 heterocycles. The van der Waals surface area contributed by atoms with Gasteiger partial charge in [0.25, 0.3) is 0 Å². The number of rotatable bonds is 9. The van der Waals surface area contributed by atoms with Crippen LogP contribution in [0.15, 0.2) is 106 Å². The molecule has 0 spiro atoms.